The van der Waals surface area contributed by atoms with E-state index in [4.69, 9.17) is 9.47 Å². The quantitative estimate of drug-likeness (QED) is 0.615. The van der Waals surface area contributed by atoms with Crippen molar-refractivity contribution < 1.29 is 14.3 Å². The number of carbonyl (C=O) groups excluding carboxylic acids is 1. The van der Waals surface area contributed by atoms with Crippen molar-refractivity contribution in [1.82, 2.24) is 5.32 Å². The summed E-state index contributed by atoms with van der Waals surface area (Å²) in [6.45, 7) is 4.40. The number of methoxy groups -OCH3 is 1. The Kier molecular flexibility index (Phi) is 9.04. The molecule has 0 aromatic heterocycles. The van der Waals surface area contributed by atoms with Crippen LogP contribution in [0.15, 0.2) is 24.3 Å². The molecule has 0 aliphatic rings. The summed E-state index contributed by atoms with van der Waals surface area (Å²) < 4.78 is 10.6. The lowest BCUT2D eigenvalue weighted by molar-refractivity contribution is -0.119. The van der Waals surface area contributed by atoms with Crippen LogP contribution >= 0.6 is 0 Å². The maximum absolute atomic E-state index is 11.6. The average molecular weight is 294 g/mol. The van der Waals surface area contributed by atoms with Gasteiger partial charge in [-0.3, -0.25) is 4.79 Å². The molecule has 0 aliphatic carbocycles. The van der Waals surface area contributed by atoms with Crippen LogP contribution in [-0.2, 0) is 9.53 Å². The van der Waals surface area contributed by atoms with E-state index in [0.29, 0.717) is 13.2 Å². The first-order chi connectivity index (χ1) is 10.3. The average Bonchev–Trinajstić information content (AvgIpc) is 2.50. The van der Waals surface area contributed by atoms with Gasteiger partial charge in [0.05, 0.1) is 13.2 Å². The molecule has 2 N–H and O–H groups in total. The molecule has 0 heterocycles. The normalized spacial score (nSPS) is 10.2. The monoisotopic (exact) mass is 294 g/mol. The Labute approximate surface area is 127 Å². The zero-order chi connectivity index (χ0) is 15.3. The van der Waals surface area contributed by atoms with Crippen LogP contribution in [-0.4, -0.2) is 39.3 Å². The van der Waals surface area contributed by atoms with Crippen molar-refractivity contribution in [2.24, 2.45) is 0 Å². The highest BCUT2D eigenvalue weighted by Crippen LogP contribution is 2.17. The Morgan fingerprint density at radius 3 is 2.86 bits per heavy atom. The Hall–Kier alpha value is -1.75. The van der Waals surface area contributed by atoms with Crippen molar-refractivity contribution in [1.29, 1.82) is 0 Å². The maximum Gasteiger partial charge on any atom is 0.239 e. The van der Waals surface area contributed by atoms with Gasteiger partial charge in [0, 0.05) is 32.0 Å². The summed E-state index contributed by atoms with van der Waals surface area (Å²) in [6.07, 6.45) is 2.98. The van der Waals surface area contributed by atoms with Crippen LogP contribution in [0.3, 0.4) is 0 Å². The molecule has 118 valence electrons. The van der Waals surface area contributed by atoms with E-state index >= 15 is 0 Å². The van der Waals surface area contributed by atoms with Crippen LogP contribution in [0.2, 0.25) is 0 Å². The lowest BCUT2D eigenvalue weighted by Gasteiger charge is -2.10. The van der Waals surface area contributed by atoms with Gasteiger partial charge in [0.15, 0.2) is 0 Å². The lowest BCUT2D eigenvalue weighted by Crippen LogP contribution is -2.31. The van der Waals surface area contributed by atoms with E-state index in [1.165, 1.54) is 0 Å². The van der Waals surface area contributed by atoms with Gasteiger partial charge in [-0.2, -0.15) is 0 Å². The van der Waals surface area contributed by atoms with Crippen LogP contribution in [0.4, 0.5) is 5.69 Å². The molecule has 1 rings (SSSR count). The van der Waals surface area contributed by atoms with Crippen molar-refractivity contribution in [2.75, 3.05) is 38.7 Å². The molecule has 1 aromatic rings. The number of benzene rings is 1. The number of amides is 1. The SMILES string of the molecule is CCCCOc1cccc(NCC(=O)NCCCOC)c1. The molecule has 0 bridgehead atoms. The number of rotatable bonds is 11. The van der Waals surface area contributed by atoms with Gasteiger partial charge in [0.1, 0.15) is 5.75 Å². The minimum atomic E-state index is -0.0246. The van der Waals surface area contributed by atoms with Gasteiger partial charge in [-0.15, -0.1) is 0 Å². The highest BCUT2D eigenvalue weighted by molar-refractivity contribution is 5.80. The molecule has 0 spiro atoms. The van der Waals surface area contributed by atoms with Crippen molar-refractivity contribution in [3.8, 4) is 5.75 Å². The van der Waals surface area contributed by atoms with Crippen LogP contribution in [0, 0.1) is 0 Å². The Bertz CT molecular complexity index is 410. The summed E-state index contributed by atoms with van der Waals surface area (Å²) in [6, 6.07) is 7.67. The molecule has 0 radical (unpaired) electrons. The minimum absolute atomic E-state index is 0.0246. The zero-order valence-electron chi connectivity index (χ0n) is 13.0. The molecular formula is C16H26N2O3. The standard InChI is InChI=1S/C16H26N2O3/c1-3-4-11-21-15-8-5-7-14(12-15)18-13-16(19)17-9-6-10-20-2/h5,7-8,12,18H,3-4,6,9-11,13H2,1-2H3,(H,17,19). The first-order valence-electron chi connectivity index (χ1n) is 7.48. The van der Waals surface area contributed by atoms with Crippen molar-refractivity contribution in [3.63, 3.8) is 0 Å². The first kappa shape index (κ1) is 17.3. The number of unbranched alkanes of at least 4 members (excludes halogenated alkanes) is 1. The number of carbonyl (C=O) groups is 1. The molecular weight excluding hydrogens is 268 g/mol. The highest BCUT2D eigenvalue weighted by atomic mass is 16.5. The van der Waals surface area contributed by atoms with E-state index in [9.17, 15) is 4.79 Å². The Morgan fingerprint density at radius 1 is 1.24 bits per heavy atom. The van der Waals surface area contributed by atoms with Crippen LogP contribution in [0.1, 0.15) is 26.2 Å². The van der Waals surface area contributed by atoms with E-state index in [0.717, 1.165) is 37.3 Å². The second-order valence-corrected chi connectivity index (χ2v) is 4.78. The fraction of sp³-hybridized carbons (Fsp3) is 0.562. The molecule has 5 nitrogen and oxygen atoms in total. The van der Waals surface area contributed by atoms with E-state index in [1.807, 2.05) is 24.3 Å². The number of anilines is 1. The molecule has 0 fully saturated rings. The number of nitrogens with one attached hydrogen (secondary N) is 2. The van der Waals surface area contributed by atoms with E-state index in [-0.39, 0.29) is 12.5 Å². The fourth-order valence-corrected chi connectivity index (χ4v) is 1.72. The van der Waals surface area contributed by atoms with Crippen LogP contribution in [0.5, 0.6) is 5.75 Å². The summed E-state index contributed by atoms with van der Waals surface area (Å²) in [5.41, 5.74) is 0.885. The van der Waals surface area contributed by atoms with Gasteiger partial charge >= 0.3 is 0 Å². The summed E-state index contributed by atoms with van der Waals surface area (Å²) in [5.74, 6) is 0.803. The molecule has 0 unspecified atom stereocenters. The Morgan fingerprint density at radius 2 is 2.10 bits per heavy atom. The predicted octanol–water partition coefficient (Wildman–Crippen LogP) is 2.43. The van der Waals surface area contributed by atoms with Crippen molar-refractivity contribution >= 4 is 11.6 Å². The number of hydrogen-bond donors (Lipinski definition) is 2. The molecule has 1 aromatic carbocycles. The molecule has 1 amide bonds. The van der Waals surface area contributed by atoms with Gasteiger partial charge in [0.25, 0.3) is 0 Å². The third-order valence-electron chi connectivity index (χ3n) is 2.90. The van der Waals surface area contributed by atoms with Crippen LogP contribution < -0.4 is 15.4 Å². The highest BCUT2D eigenvalue weighted by Gasteiger charge is 2.01. The lowest BCUT2D eigenvalue weighted by atomic mass is 10.3. The van der Waals surface area contributed by atoms with E-state index in [2.05, 4.69) is 17.6 Å². The predicted molar refractivity (Wildman–Crippen MR) is 84.8 cm³/mol. The molecule has 0 atom stereocenters. The third-order valence-corrected chi connectivity index (χ3v) is 2.90. The van der Waals surface area contributed by atoms with Crippen molar-refractivity contribution in [2.45, 2.75) is 26.2 Å². The molecule has 0 saturated carbocycles. The first-order valence-corrected chi connectivity index (χ1v) is 7.48. The number of ether oxygens (including phenoxy) is 2. The van der Waals surface area contributed by atoms with Crippen molar-refractivity contribution in [3.05, 3.63) is 24.3 Å². The smallest absolute Gasteiger partial charge is 0.239 e. The third kappa shape index (κ3) is 8.19. The zero-order valence-corrected chi connectivity index (χ0v) is 13.0. The summed E-state index contributed by atoms with van der Waals surface area (Å²) in [5, 5.41) is 5.92. The topological polar surface area (TPSA) is 59.6 Å². The van der Waals surface area contributed by atoms with Gasteiger partial charge in [-0.25, -0.2) is 0 Å². The fourth-order valence-electron chi connectivity index (χ4n) is 1.72. The van der Waals surface area contributed by atoms with Gasteiger partial charge < -0.3 is 20.1 Å². The van der Waals surface area contributed by atoms with E-state index in [1.54, 1.807) is 7.11 Å². The Balaban J connectivity index is 2.27. The molecule has 5 heteroatoms. The number of hydrogen-bond acceptors (Lipinski definition) is 4. The second-order valence-electron chi connectivity index (χ2n) is 4.78. The largest absolute Gasteiger partial charge is 0.494 e. The van der Waals surface area contributed by atoms with Gasteiger partial charge in [-0.1, -0.05) is 19.4 Å². The summed E-state index contributed by atoms with van der Waals surface area (Å²) >= 11 is 0. The van der Waals surface area contributed by atoms with Crippen LogP contribution in [0.25, 0.3) is 0 Å². The maximum atomic E-state index is 11.6. The van der Waals surface area contributed by atoms with E-state index < -0.39 is 0 Å². The molecule has 0 aliphatic heterocycles. The molecule has 21 heavy (non-hydrogen) atoms. The molecule has 0 saturated heterocycles. The van der Waals surface area contributed by atoms with Gasteiger partial charge in [-0.05, 0) is 25.0 Å². The summed E-state index contributed by atoms with van der Waals surface area (Å²) in [4.78, 5) is 11.6. The second kappa shape index (κ2) is 11.0. The summed E-state index contributed by atoms with van der Waals surface area (Å²) in [7, 11) is 1.65. The van der Waals surface area contributed by atoms with Gasteiger partial charge in [0.2, 0.25) is 5.91 Å². The minimum Gasteiger partial charge on any atom is -0.494 e.